The number of nitrogens with one attached hydrogen (secondary N) is 1. The maximum Gasteiger partial charge on any atom is 0.303 e. The van der Waals surface area contributed by atoms with Gasteiger partial charge in [0.1, 0.15) is 0 Å². The van der Waals surface area contributed by atoms with Gasteiger partial charge < -0.3 is 10.4 Å². The molecule has 1 aromatic heterocycles. The van der Waals surface area contributed by atoms with Gasteiger partial charge in [0.25, 0.3) is 0 Å². The number of benzene rings is 1. The van der Waals surface area contributed by atoms with E-state index in [9.17, 15) is 9.59 Å². The molecule has 0 aliphatic carbocycles. The van der Waals surface area contributed by atoms with Crippen molar-refractivity contribution in [3.63, 3.8) is 0 Å². The second-order valence-corrected chi connectivity index (χ2v) is 5.80. The van der Waals surface area contributed by atoms with Gasteiger partial charge in [-0.25, -0.2) is 0 Å². The minimum atomic E-state index is -0.912. The summed E-state index contributed by atoms with van der Waals surface area (Å²) in [4.78, 5) is 22.1. The number of aliphatic carboxylic acids is 1. The summed E-state index contributed by atoms with van der Waals surface area (Å²) in [5, 5.41) is 16.5. The maximum absolute atomic E-state index is 11.7. The van der Waals surface area contributed by atoms with Crippen molar-refractivity contribution in [1.82, 2.24) is 9.78 Å². The van der Waals surface area contributed by atoms with Crippen molar-refractivity contribution in [3.8, 4) is 0 Å². The molecule has 1 aromatic carbocycles. The second-order valence-electron chi connectivity index (χ2n) is 4.96. The van der Waals surface area contributed by atoms with E-state index < -0.39 is 5.97 Å². The molecule has 0 unspecified atom stereocenters. The predicted molar refractivity (Wildman–Crippen MR) is 87.9 cm³/mol. The van der Waals surface area contributed by atoms with Crippen molar-refractivity contribution in [3.05, 3.63) is 46.2 Å². The lowest BCUT2D eigenvalue weighted by Crippen LogP contribution is -2.11. The van der Waals surface area contributed by atoms with Crippen LogP contribution in [0.2, 0.25) is 10.0 Å². The van der Waals surface area contributed by atoms with Crippen LogP contribution in [0.3, 0.4) is 0 Å². The molecule has 0 radical (unpaired) electrons. The first-order valence-electron chi connectivity index (χ1n) is 6.92. The highest BCUT2D eigenvalue weighted by Gasteiger charge is 2.08. The topological polar surface area (TPSA) is 84.2 Å². The number of carbonyl (C=O) groups excluding carboxylic acids is 1. The smallest absolute Gasteiger partial charge is 0.303 e. The standard InChI is InChI=1S/C15H15Cl2N3O3/c16-11-5-4-10(13(17)6-11)8-20-9-12(7-18-20)19-14(21)2-1-3-15(22)23/h4-7,9H,1-3,8H2,(H,19,21)(H,22,23). The molecule has 2 aromatic rings. The fourth-order valence-corrected chi connectivity index (χ4v) is 2.43. The summed E-state index contributed by atoms with van der Waals surface area (Å²) < 4.78 is 1.64. The zero-order valence-electron chi connectivity index (χ0n) is 12.1. The number of hydrogen-bond acceptors (Lipinski definition) is 3. The molecule has 0 aliphatic heterocycles. The van der Waals surface area contributed by atoms with Gasteiger partial charge in [0.05, 0.1) is 18.4 Å². The molecule has 0 spiro atoms. The fraction of sp³-hybridized carbons (Fsp3) is 0.267. The molecule has 122 valence electrons. The Balaban J connectivity index is 1.90. The number of aromatic nitrogens is 2. The number of rotatable bonds is 7. The van der Waals surface area contributed by atoms with Crippen LogP contribution in [0.25, 0.3) is 0 Å². The van der Waals surface area contributed by atoms with Gasteiger partial charge in [-0.15, -0.1) is 0 Å². The van der Waals surface area contributed by atoms with Crippen LogP contribution in [0, 0.1) is 0 Å². The SMILES string of the molecule is O=C(O)CCCC(=O)Nc1cnn(Cc2ccc(Cl)cc2Cl)c1. The molecule has 8 heteroatoms. The highest BCUT2D eigenvalue weighted by molar-refractivity contribution is 6.35. The molecule has 0 saturated carbocycles. The Kier molecular flexibility index (Phi) is 6.01. The van der Waals surface area contributed by atoms with Crippen molar-refractivity contribution in [1.29, 1.82) is 0 Å². The van der Waals surface area contributed by atoms with Gasteiger partial charge in [-0.3, -0.25) is 14.3 Å². The molecule has 0 atom stereocenters. The van der Waals surface area contributed by atoms with E-state index in [1.807, 2.05) is 6.07 Å². The summed E-state index contributed by atoms with van der Waals surface area (Å²) in [7, 11) is 0. The van der Waals surface area contributed by atoms with Crippen LogP contribution in [0.5, 0.6) is 0 Å². The van der Waals surface area contributed by atoms with Crippen molar-refractivity contribution in [2.24, 2.45) is 0 Å². The molecule has 0 bridgehead atoms. The van der Waals surface area contributed by atoms with E-state index in [0.717, 1.165) is 5.56 Å². The lowest BCUT2D eigenvalue weighted by atomic mass is 10.2. The monoisotopic (exact) mass is 355 g/mol. The largest absolute Gasteiger partial charge is 0.481 e. The lowest BCUT2D eigenvalue weighted by Gasteiger charge is -2.05. The van der Waals surface area contributed by atoms with E-state index >= 15 is 0 Å². The van der Waals surface area contributed by atoms with Gasteiger partial charge >= 0.3 is 5.97 Å². The maximum atomic E-state index is 11.7. The Morgan fingerprint density at radius 3 is 2.74 bits per heavy atom. The van der Waals surface area contributed by atoms with Crippen molar-refractivity contribution in [2.45, 2.75) is 25.8 Å². The number of carboxylic acid groups (broad SMARTS) is 1. The van der Waals surface area contributed by atoms with Crippen LogP contribution >= 0.6 is 23.2 Å². The molecule has 1 amide bonds. The Bertz CT molecular complexity index is 716. The Morgan fingerprint density at radius 1 is 1.26 bits per heavy atom. The van der Waals surface area contributed by atoms with Crippen LogP contribution in [0.1, 0.15) is 24.8 Å². The first-order chi connectivity index (χ1) is 10.9. The summed E-state index contributed by atoms with van der Waals surface area (Å²) in [5.74, 6) is -1.15. The van der Waals surface area contributed by atoms with E-state index in [4.69, 9.17) is 28.3 Å². The zero-order valence-corrected chi connectivity index (χ0v) is 13.6. The van der Waals surface area contributed by atoms with Crippen LogP contribution < -0.4 is 5.32 Å². The normalized spacial score (nSPS) is 10.5. The first kappa shape index (κ1) is 17.3. The molecule has 2 rings (SSSR count). The van der Waals surface area contributed by atoms with Crippen LogP contribution in [-0.4, -0.2) is 26.8 Å². The minimum Gasteiger partial charge on any atom is -0.481 e. The average molecular weight is 356 g/mol. The summed E-state index contributed by atoms with van der Waals surface area (Å²) in [5.41, 5.74) is 1.41. The van der Waals surface area contributed by atoms with Gasteiger partial charge in [0.2, 0.25) is 5.91 Å². The minimum absolute atomic E-state index is 0.0260. The van der Waals surface area contributed by atoms with Gasteiger partial charge in [-0.1, -0.05) is 29.3 Å². The highest BCUT2D eigenvalue weighted by atomic mass is 35.5. The molecule has 0 aliphatic rings. The molecule has 1 heterocycles. The van der Waals surface area contributed by atoms with Crippen LogP contribution in [0.4, 0.5) is 5.69 Å². The summed E-state index contributed by atoms with van der Waals surface area (Å²) in [6.45, 7) is 0.449. The third-order valence-electron chi connectivity index (χ3n) is 3.06. The predicted octanol–water partition coefficient (Wildman–Crippen LogP) is 3.43. The lowest BCUT2D eigenvalue weighted by molar-refractivity contribution is -0.137. The van der Waals surface area contributed by atoms with Gasteiger partial charge in [0, 0.05) is 29.1 Å². The quantitative estimate of drug-likeness (QED) is 0.796. The van der Waals surface area contributed by atoms with E-state index in [-0.39, 0.29) is 18.7 Å². The summed E-state index contributed by atoms with van der Waals surface area (Å²) in [6, 6.07) is 5.22. The summed E-state index contributed by atoms with van der Waals surface area (Å²) >= 11 is 12.0. The number of nitrogens with zero attached hydrogens (tertiary/aromatic N) is 2. The number of anilines is 1. The number of hydrogen-bond donors (Lipinski definition) is 2. The van der Waals surface area contributed by atoms with E-state index in [1.54, 1.807) is 23.0 Å². The molecular weight excluding hydrogens is 341 g/mol. The van der Waals surface area contributed by atoms with E-state index in [2.05, 4.69) is 10.4 Å². The van der Waals surface area contributed by atoms with Crippen LogP contribution in [0.15, 0.2) is 30.6 Å². The zero-order chi connectivity index (χ0) is 16.8. The Labute approximate surface area is 143 Å². The number of carboxylic acids is 1. The molecule has 0 fully saturated rings. The average Bonchev–Trinajstić information content (AvgIpc) is 2.88. The second kappa shape index (κ2) is 7.99. The van der Waals surface area contributed by atoms with Gasteiger partial charge in [-0.05, 0) is 24.1 Å². The van der Waals surface area contributed by atoms with Crippen molar-refractivity contribution >= 4 is 40.8 Å². The van der Waals surface area contributed by atoms with Crippen molar-refractivity contribution in [2.75, 3.05) is 5.32 Å². The Morgan fingerprint density at radius 2 is 2.04 bits per heavy atom. The number of carbonyl (C=O) groups is 2. The first-order valence-corrected chi connectivity index (χ1v) is 7.67. The third kappa shape index (κ3) is 5.58. The molecule has 2 N–H and O–H groups in total. The van der Waals surface area contributed by atoms with Crippen LogP contribution in [-0.2, 0) is 16.1 Å². The van der Waals surface area contributed by atoms with E-state index in [0.29, 0.717) is 28.7 Å². The van der Waals surface area contributed by atoms with Gasteiger partial charge in [0.15, 0.2) is 0 Å². The third-order valence-corrected chi connectivity index (χ3v) is 3.65. The summed E-state index contributed by atoms with van der Waals surface area (Å²) in [6.07, 6.45) is 3.64. The number of halogens is 2. The van der Waals surface area contributed by atoms with Crippen molar-refractivity contribution < 1.29 is 14.7 Å². The molecular formula is C15H15Cl2N3O3. The Hall–Kier alpha value is -2.05. The van der Waals surface area contributed by atoms with Gasteiger partial charge in [-0.2, -0.15) is 5.10 Å². The fourth-order valence-electron chi connectivity index (χ4n) is 1.96. The van der Waals surface area contributed by atoms with E-state index in [1.165, 1.54) is 6.20 Å². The molecule has 6 nitrogen and oxygen atoms in total. The number of amides is 1. The highest BCUT2D eigenvalue weighted by Crippen LogP contribution is 2.22. The molecule has 0 saturated heterocycles. The molecule has 23 heavy (non-hydrogen) atoms.